The smallest absolute Gasteiger partial charge is 0.259 e. The summed E-state index contributed by atoms with van der Waals surface area (Å²) in [7, 11) is 0. The zero-order valence-corrected chi connectivity index (χ0v) is 16.0. The van der Waals surface area contributed by atoms with Crippen LogP contribution in [-0.4, -0.2) is 47.0 Å². The fraction of sp³-hybridized carbons (Fsp3) is 0.524. The summed E-state index contributed by atoms with van der Waals surface area (Å²) in [6, 6.07) is 7.00. The molecular formula is C21H26FN3O2. The number of hydrogen-bond acceptors (Lipinski definition) is 4. The highest BCUT2D eigenvalue weighted by atomic mass is 19.1. The van der Waals surface area contributed by atoms with Crippen LogP contribution in [0.4, 0.5) is 4.39 Å². The number of halogens is 1. The topological polar surface area (TPSA) is 49.6 Å². The quantitative estimate of drug-likeness (QED) is 0.828. The highest BCUT2D eigenvalue weighted by Gasteiger charge is 2.43. The van der Waals surface area contributed by atoms with E-state index in [2.05, 4.69) is 10.1 Å². The minimum atomic E-state index is -0.140. The van der Waals surface area contributed by atoms with Crippen molar-refractivity contribution in [2.75, 3.05) is 26.2 Å². The second-order valence-corrected chi connectivity index (χ2v) is 8.08. The lowest BCUT2D eigenvalue weighted by Crippen LogP contribution is -2.45. The summed E-state index contributed by atoms with van der Waals surface area (Å²) < 4.78 is 19.2. The van der Waals surface area contributed by atoms with Crippen molar-refractivity contribution in [3.63, 3.8) is 0 Å². The first kappa shape index (κ1) is 18.2. The summed E-state index contributed by atoms with van der Waals surface area (Å²) in [5.74, 6) is 0.469. The van der Waals surface area contributed by atoms with Crippen LogP contribution in [0, 0.1) is 25.1 Å². The van der Waals surface area contributed by atoms with Crippen molar-refractivity contribution in [1.82, 2.24) is 15.0 Å². The molecule has 3 heterocycles. The first-order valence-corrected chi connectivity index (χ1v) is 9.65. The molecule has 144 valence electrons. The maximum absolute atomic E-state index is 14.0. The van der Waals surface area contributed by atoms with E-state index in [1.54, 1.807) is 13.0 Å². The fourth-order valence-corrected chi connectivity index (χ4v) is 4.70. The zero-order chi connectivity index (χ0) is 19.0. The largest absolute Gasteiger partial charge is 0.361 e. The van der Waals surface area contributed by atoms with E-state index in [1.807, 2.05) is 24.0 Å². The van der Waals surface area contributed by atoms with Gasteiger partial charge in [-0.05, 0) is 45.7 Å². The van der Waals surface area contributed by atoms with Gasteiger partial charge >= 0.3 is 0 Å². The van der Waals surface area contributed by atoms with E-state index in [0.717, 1.165) is 51.0 Å². The number of benzene rings is 1. The molecule has 4 rings (SSSR count). The van der Waals surface area contributed by atoms with Crippen molar-refractivity contribution in [2.45, 2.75) is 39.7 Å². The van der Waals surface area contributed by atoms with E-state index in [4.69, 9.17) is 4.52 Å². The number of hydrogen-bond donors (Lipinski definition) is 0. The van der Waals surface area contributed by atoms with Crippen LogP contribution in [0.15, 0.2) is 28.8 Å². The van der Waals surface area contributed by atoms with Gasteiger partial charge in [-0.2, -0.15) is 0 Å². The molecule has 6 heteroatoms. The zero-order valence-electron chi connectivity index (χ0n) is 16.0. The van der Waals surface area contributed by atoms with Gasteiger partial charge in [0.2, 0.25) is 0 Å². The van der Waals surface area contributed by atoms with E-state index in [0.29, 0.717) is 23.6 Å². The fourth-order valence-electron chi connectivity index (χ4n) is 4.70. The van der Waals surface area contributed by atoms with Crippen LogP contribution in [0.25, 0.3) is 0 Å². The number of piperidine rings is 1. The van der Waals surface area contributed by atoms with Gasteiger partial charge in [-0.3, -0.25) is 9.69 Å². The average Bonchev–Trinajstić information content (AvgIpc) is 3.20. The second-order valence-electron chi connectivity index (χ2n) is 8.08. The van der Waals surface area contributed by atoms with Gasteiger partial charge in [-0.25, -0.2) is 4.39 Å². The summed E-state index contributed by atoms with van der Waals surface area (Å²) >= 11 is 0. The first-order chi connectivity index (χ1) is 13.0. The van der Waals surface area contributed by atoms with E-state index >= 15 is 0 Å². The third kappa shape index (κ3) is 3.50. The minimum absolute atomic E-state index is 0.0225. The summed E-state index contributed by atoms with van der Waals surface area (Å²) in [6.45, 7) is 7.63. The van der Waals surface area contributed by atoms with Crippen LogP contribution in [0.2, 0.25) is 0 Å². The predicted octanol–water partition coefficient (Wildman–Crippen LogP) is 3.56. The number of carbonyl (C=O) groups excluding carboxylic acids is 1. The molecule has 2 aliphatic heterocycles. The number of nitrogens with zero attached hydrogens (tertiary/aromatic N) is 3. The number of likely N-dealkylation sites (tertiary alicyclic amines) is 2. The molecule has 1 atom stereocenters. The van der Waals surface area contributed by atoms with Crippen LogP contribution < -0.4 is 0 Å². The van der Waals surface area contributed by atoms with Crippen LogP contribution in [0.5, 0.6) is 0 Å². The third-order valence-electron chi connectivity index (χ3n) is 6.07. The lowest BCUT2D eigenvalue weighted by Gasteiger charge is -2.40. The Labute approximate surface area is 159 Å². The normalized spacial score (nSPS) is 23.3. The summed E-state index contributed by atoms with van der Waals surface area (Å²) in [6.07, 6.45) is 3.20. The molecule has 0 saturated carbocycles. The van der Waals surface area contributed by atoms with E-state index in [1.165, 1.54) is 6.07 Å². The molecule has 2 fully saturated rings. The summed E-state index contributed by atoms with van der Waals surface area (Å²) in [5, 5.41) is 3.91. The first-order valence-electron chi connectivity index (χ1n) is 9.65. The number of carbonyl (C=O) groups is 1. The Morgan fingerprint density at radius 3 is 2.78 bits per heavy atom. The SMILES string of the molecule is Cc1noc(C)c1C(=O)N1CC[C@]2(CCCN(Cc3ccccc3F)C2)C1. The second kappa shape index (κ2) is 7.08. The molecular weight excluding hydrogens is 345 g/mol. The molecule has 2 saturated heterocycles. The minimum Gasteiger partial charge on any atom is -0.361 e. The van der Waals surface area contributed by atoms with Gasteiger partial charge in [0.25, 0.3) is 5.91 Å². The molecule has 2 aliphatic rings. The van der Waals surface area contributed by atoms with Gasteiger partial charge in [-0.1, -0.05) is 23.4 Å². The average molecular weight is 371 g/mol. The Morgan fingerprint density at radius 2 is 2.04 bits per heavy atom. The molecule has 5 nitrogen and oxygen atoms in total. The highest BCUT2D eigenvalue weighted by molar-refractivity contribution is 5.96. The van der Waals surface area contributed by atoms with Gasteiger partial charge in [0.1, 0.15) is 17.1 Å². The van der Waals surface area contributed by atoms with Gasteiger partial charge in [0.05, 0.1) is 5.69 Å². The Balaban J connectivity index is 1.45. The van der Waals surface area contributed by atoms with Crippen LogP contribution in [-0.2, 0) is 6.54 Å². The molecule has 1 aromatic heterocycles. The Morgan fingerprint density at radius 1 is 1.22 bits per heavy atom. The molecule has 0 unspecified atom stereocenters. The van der Waals surface area contributed by atoms with E-state index < -0.39 is 0 Å². The van der Waals surface area contributed by atoms with Gasteiger partial charge < -0.3 is 9.42 Å². The molecule has 0 N–H and O–H groups in total. The Bertz CT molecular complexity index is 830. The maximum atomic E-state index is 14.0. The lowest BCUT2D eigenvalue weighted by molar-refractivity contribution is 0.0671. The van der Waals surface area contributed by atoms with Crippen LogP contribution in [0.3, 0.4) is 0 Å². The third-order valence-corrected chi connectivity index (χ3v) is 6.07. The molecule has 1 amide bonds. The van der Waals surface area contributed by atoms with Crippen molar-refractivity contribution in [3.05, 3.63) is 52.7 Å². The number of aryl methyl sites for hydroxylation is 2. The molecule has 1 spiro atoms. The molecule has 0 radical (unpaired) electrons. The van der Waals surface area contributed by atoms with Crippen molar-refractivity contribution >= 4 is 5.91 Å². The van der Waals surface area contributed by atoms with Crippen molar-refractivity contribution in [2.24, 2.45) is 5.41 Å². The molecule has 0 aliphatic carbocycles. The van der Waals surface area contributed by atoms with Crippen molar-refractivity contribution in [3.8, 4) is 0 Å². The predicted molar refractivity (Wildman–Crippen MR) is 99.8 cm³/mol. The van der Waals surface area contributed by atoms with Crippen LogP contribution in [0.1, 0.15) is 46.6 Å². The monoisotopic (exact) mass is 371 g/mol. The molecule has 2 aromatic rings. The van der Waals surface area contributed by atoms with Gasteiger partial charge in [0, 0.05) is 37.2 Å². The van der Waals surface area contributed by atoms with Crippen molar-refractivity contribution in [1.29, 1.82) is 0 Å². The van der Waals surface area contributed by atoms with Gasteiger partial charge in [0.15, 0.2) is 0 Å². The Hall–Kier alpha value is -2.21. The Kier molecular flexibility index (Phi) is 4.76. The molecule has 1 aromatic carbocycles. The van der Waals surface area contributed by atoms with Crippen molar-refractivity contribution < 1.29 is 13.7 Å². The van der Waals surface area contributed by atoms with Crippen LogP contribution >= 0.6 is 0 Å². The van der Waals surface area contributed by atoms with E-state index in [-0.39, 0.29) is 17.1 Å². The highest BCUT2D eigenvalue weighted by Crippen LogP contribution is 2.40. The molecule has 27 heavy (non-hydrogen) atoms. The summed E-state index contributed by atoms with van der Waals surface area (Å²) in [5.41, 5.74) is 2.11. The maximum Gasteiger partial charge on any atom is 0.259 e. The lowest BCUT2D eigenvalue weighted by atomic mass is 9.79. The number of amides is 1. The summed E-state index contributed by atoms with van der Waals surface area (Å²) in [4.78, 5) is 17.2. The number of aromatic nitrogens is 1. The standard InChI is InChI=1S/C21H26FN3O2/c1-15-19(16(2)27-23-15)20(26)25-11-9-21(14-25)8-5-10-24(13-21)12-17-6-3-4-7-18(17)22/h3-4,6-7H,5,8-14H2,1-2H3/t21-/m0/s1. The molecule has 0 bridgehead atoms. The van der Waals surface area contributed by atoms with Gasteiger partial charge in [-0.15, -0.1) is 0 Å². The van der Waals surface area contributed by atoms with E-state index in [9.17, 15) is 9.18 Å². The number of rotatable bonds is 3.